The summed E-state index contributed by atoms with van der Waals surface area (Å²) in [6.07, 6.45) is 2.48. The zero-order chi connectivity index (χ0) is 7.14. The second-order valence-corrected chi connectivity index (χ2v) is 3.00. The lowest BCUT2D eigenvalue weighted by molar-refractivity contribution is 0.799. The highest BCUT2D eigenvalue weighted by Crippen LogP contribution is 2.39. The van der Waals surface area contributed by atoms with E-state index in [4.69, 9.17) is 11.6 Å². The van der Waals surface area contributed by atoms with Crippen LogP contribution < -0.4 is 0 Å². The lowest BCUT2D eigenvalue weighted by atomic mass is 10.4. The van der Waals surface area contributed by atoms with Gasteiger partial charge in [0.05, 0.1) is 0 Å². The molecule has 1 aromatic rings. The van der Waals surface area contributed by atoms with Gasteiger partial charge in [-0.25, -0.2) is 0 Å². The highest BCUT2D eigenvalue weighted by molar-refractivity contribution is 6.28. The first kappa shape index (κ1) is 6.16. The second-order valence-electron chi connectivity index (χ2n) is 2.66. The fourth-order valence-electron chi connectivity index (χ4n) is 1.02. The van der Waals surface area contributed by atoms with Gasteiger partial charge in [0, 0.05) is 13.0 Å². The Hall–Kier alpha value is -0.570. The van der Waals surface area contributed by atoms with Crippen molar-refractivity contribution in [2.75, 3.05) is 0 Å². The van der Waals surface area contributed by atoms with Crippen molar-refractivity contribution in [2.45, 2.75) is 18.8 Å². The Balaban J connectivity index is 2.40. The Bertz CT molecular complexity index is 251. The molecule has 10 heavy (non-hydrogen) atoms. The van der Waals surface area contributed by atoms with Crippen LogP contribution in [0.3, 0.4) is 0 Å². The summed E-state index contributed by atoms with van der Waals surface area (Å²) >= 11 is 5.69. The Kier molecular flexibility index (Phi) is 1.20. The number of halogens is 1. The molecule has 54 valence electrons. The van der Waals surface area contributed by atoms with Crippen LogP contribution in [-0.4, -0.2) is 14.8 Å². The molecule has 1 aliphatic carbocycles. The molecule has 0 amide bonds. The Labute approximate surface area is 64.0 Å². The van der Waals surface area contributed by atoms with Crippen molar-refractivity contribution in [1.29, 1.82) is 0 Å². The molecule has 0 bridgehead atoms. The molecule has 0 radical (unpaired) electrons. The van der Waals surface area contributed by atoms with Crippen molar-refractivity contribution >= 4 is 11.6 Å². The number of hydrogen-bond donors (Lipinski definition) is 0. The highest BCUT2D eigenvalue weighted by atomic mass is 35.5. The van der Waals surface area contributed by atoms with Crippen LogP contribution in [-0.2, 0) is 7.05 Å². The van der Waals surface area contributed by atoms with Crippen LogP contribution in [0.4, 0.5) is 0 Å². The van der Waals surface area contributed by atoms with E-state index in [-0.39, 0.29) is 0 Å². The van der Waals surface area contributed by atoms with E-state index in [9.17, 15) is 0 Å². The fourth-order valence-corrected chi connectivity index (χ4v) is 1.14. The van der Waals surface area contributed by atoms with Gasteiger partial charge in [0.15, 0.2) is 0 Å². The van der Waals surface area contributed by atoms with E-state index >= 15 is 0 Å². The summed E-state index contributed by atoms with van der Waals surface area (Å²) in [6.45, 7) is 0. The number of rotatable bonds is 1. The third-order valence-electron chi connectivity index (χ3n) is 1.80. The molecule has 0 atom stereocenters. The normalized spacial score (nSPS) is 17.8. The van der Waals surface area contributed by atoms with Crippen LogP contribution in [0.1, 0.15) is 24.6 Å². The number of aromatic nitrogens is 3. The summed E-state index contributed by atoms with van der Waals surface area (Å²) in [5, 5.41) is 8.20. The highest BCUT2D eigenvalue weighted by Gasteiger charge is 2.28. The smallest absolute Gasteiger partial charge is 0.224 e. The molecule has 1 fully saturated rings. The van der Waals surface area contributed by atoms with E-state index in [1.54, 1.807) is 0 Å². The van der Waals surface area contributed by atoms with E-state index in [1.165, 1.54) is 12.8 Å². The molecular weight excluding hydrogens is 150 g/mol. The second kappa shape index (κ2) is 1.95. The minimum Gasteiger partial charge on any atom is -0.305 e. The molecule has 0 unspecified atom stereocenters. The quantitative estimate of drug-likeness (QED) is 0.616. The van der Waals surface area contributed by atoms with Crippen molar-refractivity contribution in [3.05, 3.63) is 11.1 Å². The molecule has 0 N–H and O–H groups in total. The summed E-state index contributed by atoms with van der Waals surface area (Å²) in [5.74, 6) is 1.66. The Morgan fingerprint density at radius 1 is 1.50 bits per heavy atom. The molecule has 0 spiro atoms. The molecule has 4 heteroatoms. The predicted octanol–water partition coefficient (Wildman–Crippen LogP) is 1.35. The third-order valence-corrected chi connectivity index (χ3v) is 2.13. The van der Waals surface area contributed by atoms with E-state index < -0.39 is 0 Å². The van der Waals surface area contributed by atoms with Gasteiger partial charge in [0.2, 0.25) is 5.28 Å². The van der Waals surface area contributed by atoms with E-state index in [0.29, 0.717) is 11.2 Å². The Morgan fingerprint density at radius 3 is 2.60 bits per heavy atom. The topological polar surface area (TPSA) is 30.7 Å². The van der Waals surface area contributed by atoms with Crippen molar-refractivity contribution in [3.63, 3.8) is 0 Å². The van der Waals surface area contributed by atoms with Crippen molar-refractivity contribution in [1.82, 2.24) is 14.8 Å². The van der Waals surface area contributed by atoms with Gasteiger partial charge in [0.1, 0.15) is 5.82 Å². The van der Waals surface area contributed by atoms with Gasteiger partial charge >= 0.3 is 0 Å². The minimum absolute atomic E-state index is 0.488. The van der Waals surface area contributed by atoms with E-state index in [1.807, 2.05) is 11.6 Å². The molecule has 1 aliphatic rings. The van der Waals surface area contributed by atoms with Crippen LogP contribution >= 0.6 is 11.6 Å². The first-order chi connectivity index (χ1) is 4.79. The minimum atomic E-state index is 0.488. The van der Waals surface area contributed by atoms with Crippen LogP contribution in [0.25, 0.3) is 0 Å². The summed E-state index contributed by atoms with van der Waals surface area (Å²) in [4.78, 5) is 0. The van der Waals surface area contributed by atoms with E-state index in [0.717, 1.165) is 5.82 Å². The molecule has 1 saturated carbocycles. The average Bonchev–Trinajstić information content (AvgIpc) is 2.67. The number of hydrogen-bond acceptors (Lipinski definition) is 2. The van der Waals surface area contributed by atoms with Gasteiger partial charge < -0.3 is 4.57 Å². The summed E-state index contributed by atoms with van der Waals surface area (Å²) in [6, 6.07) is 0. The molecule has 2 rings (SSSR count). The van der Waals surface area contributed by atoms with Gasteiger partial charge in [-0.15, -0.1) is 10.2 Å². The molecule has 0 aromatic carbocycles. The van der Waals surface area contributed by atoms with Gasteiger partial charge in [-0.2, -0.15) is 0 Å². The molecule has 0 saturated heterocycles. The van der Waals surface area contributed by atoms with Gasteiger partial charge in [0.25, 0.3) is 0 Å². The van der Waals surface area contributed by atoms with Crippen molar-refractivity contribution < 1.29 is 0 Å². The predicted molar refractivity (Wildman–Crippen MR) is 38.0 cm³/mol. The van der Waals surface area contributed by atoms with Crippen LogP contribution in [0.15, 0.2) is 0 Å². The molecule has 1 heterocycles. The zero-order valence-electron chi connectivity index (χ0n) is 5.71. The lowest BCUT2D eigenvalue weighted by Gasteiger charge is -1.94. The van der Waals surface area contributed by atoms with E-state index in [2.05, 4.69) is 10.2 Å². The largest absolute Gasteiger partial charge is 0.305 e. The maximum Gasteiger partial charge on any atom is 0.224 e. The molecule has 1 aromatic heterocycles. The molecule has 0 aliphatic heterocycles. The monoisotopic (exact) mass is 157 g/mol. The zero-order valence-corrected chi connectivity index (χ0v) is 6.47. The SMILES string of the molecule is Cn1c(Cl)nnc1C1CC1. The van der Waals surface area contributed by atoms with Gasteiger partial charge in [-0.3, -0.25) is 0 Å². The van der Waals surface area contributed by atoms with Crippen molar-refractivity contribution in [3.8, 4) is 0 Å². The molecule has 3 nitrogen and oxygen atoms in total. The summed E-state index contributed by atoms with van der Waals surface area (Å²) in [7, 11) is 1.90. The maximum absolute atomic E-state index is 5.69. The van der Waals surface area contributed by atoms with Gasteiger partial charge in [-0.1, -0.05) is 0 Å². The Morgan fingerprint density at radius 2 is 2.20 bits per heavy atom. The average molecular weight is 158 g/mol. The first-order valence-electron chi connectivity index (χ1n) is 3.34. The molecular formula is C6H8ClN3. The van der Waals surface area contributed by atoms with Crippen LogP contribution in [0.5, 0.6) is 0 Å². The maximum atomic E-state index is 5.69. The summed E-state index contributed by atoms with van der Waals surface area (Å²) in [5.41, 5.74) is 0. The first-order valence-corrected chi connectivity index (χ1v) is 3.71. The number of nitrogens with zero attached hydrogens (tertiary/aromatic N) is 3. The van der Waals surface area contributed by atoms with Crippen LogP contribution in [0.2, 0.25) is 5.28 Å². The van der Waals surface area contributed by atoms with Gasteiger partial charge in [-0.05, 0) is 24.4 Å². The van der Waals surface area contributed by atoms with Crippen molar-refractivity contribution in [2.24, 2.45) is 7.05 Å². The van der Waals surface area contributed by atoms with Crippen LogP contribution in [0, 0.1) is 0 Å². The summed E-state index contributed by atoms with van der Waals surface area (Å²) < 4.78 is 1.85. The standard InChI is InChI=1S/C6H8ClN3/c1-10-5(4-2-3-4)8-9-6(10)7/h4H,2-3H2,1H3. The third kappa shape index (κ3) is 0.814. The fraction of sp³-hybridized carbons (Fsp3) is 0.667. The lowest BCUT2D eigenvalue weighted by Crippen LogP contribution is -1.94.